The molecule has 0 radical (unpaired) electrons. The Labute approximate surface area is 161 Å². The number of amides is 3. The van der Waals surface area contributed by atoms with Gasteiger partial charge in [0.1, 0.15) is 12.4 Å². The quantitative estimate of drug-likeness (QED) is 0.709. The number of carbonyl (C=O) groups is 3. The average Bonchev–Trinajstić information content (AvgIpc) is 2.66. The van der Waals surface area contributed by atoms with Crippen LogP contribution >= 0.6 is 11.6 Å². The Morgan fingerprint density at radius 1 is 1.00 bits per heavy atom. The van der Waals surface area contributed by atoms with E-state index in [1.165, 1.54) is 0 Å². The molecule has 0 unspecified atom stereocenters. The van der Waals surface area contributed by atoms with Crippen molar-refractivity contribution >= 4 is 29.5 Å². The zero-order chi connectivity index (χ0) is 19.6. The molecule has 0 bridgehead atoms. The maximum absolute atomic E-state index is 11.9. The zero-order valence-corrected chi connectivity index (χ0v) is 15.4. The summed E-state index contributed by atoms with van der Waals surface area (Å²) in [6.45, 7) is 1.88. The van der Waals surface area contributed by atoms with Gasteiger partial charge in [0.2, 0.25) is 0 Å². The van der Waals surface area contributed by atoms with Gasteiger partial charge >= 0.3 is 12.0 Å². The highest BCUT2D eigenvalue weighted by molar-refractivity contribution is 6.30. The van der Waals surface area contributed by atoms with Crippen molar-refractivity contribution in [1.29, 1.82) is 0 Å². The number of esters is 1. The standard InChI is InChI=1S/C19H19ClN2O5/c1-2-21-19(25)22-17(23)12-27-18(24)14-5-3-13(4-6-14)11-26-16-9-7-15(20)8-10-16/h3-10H,2,11-12H2,1H3,(H2,21,22,23,25). The van der Waals surface area contributed by atoms with Gasteiger partial charge in [-0.2, -0.15) is 0 Å². The Bertz CT molecular complexity index is 791. The minimum Gasteiger partial charge on any atom is -0.489 e. The van der Waals surface area contributed by atoms with Crippen molar-refractivity contribution in [1.82, 2.24) is 10.6 Å². The zero-order valence-electron chi connectivity index (χ0n) is 14.7. The third-order valence-electron chi connectivity index (χ3n) is 3.33. The Kier molecular flexibility index (Phi) is 7.63. The van der Waals surface area contributed by atoms with E-state index in [9.17, 15) is 14.4 Å². The van der Waals surface area contributed by atoms with Crippen LogP contribution in [0.2, 0.25) is 5.02 Å². The summed E-state index contributed by atoms with van der Waals surface area (Å²) < 4.78 is 10.5. The van der Waals surface area contributed by atoms with Crippen molar-refractivity contribution < 1.29 is 23.9 Å². The van der Waals surface area contributed by atoms with Crippen LogP contribution in [0.5, 0.6) is 5.75 Å². The van der Waals surface area contributed by atoms with Gasteiger partial charge in [-0.05, 0) is 48.9 Å². The number of urea groups is 1. The van der Waals surface area contributed by atoms with E-state index in [0.717, 1.165) is 5.56 Å². The topological polar surface area (TPSA) is 93.7 Å². The van der Waals surface area contributed by atoms with Gasteiger partial charge in [0.25, 0.3) is 5.91 Å². The Morgan fingerprint density at radius 2 is 1.67 bits per heavy atom. The first-order chi connectivity index (χ1) is 13.0. The van der Waals surface area contributed by atoms with Crippen LogP contribution in [-0.4, -0.2) is 31.1 Å². The van der Waals surface area contributed by atoms with E-state index in [0.29, 0.717) is 23.9 Å². The van der Waals surface area contributed by atoms with E-state index < -0.39 is 24.5 Å². The van der Waals surface area contributed by atoms with Gasteiger partial charge < -0.3 is 14.8 Å². The fourth-order valence-corrected chi connectivity index (χ4v) is 2.14. The minimum absolute atomic E-state index is 0.288. The number of ether oxygens (including phenoxy) is 2. The number of hydrogen-bond acceptors (Lipinski definition) is 5. The molecule has 0 fully saturated rings. The highest BCUT2D eigenvalue weighted by Crippen LogP contribution is 2.17. The largest absolute Gasteiger partial charge is 0.489 e. The Hall–Kier alpha value is -3.06. The molecule has 0 aromatic heterocycles. The van der Waals surface area contributed by atoms with Crippen LogP contribution in [-0.2, 0) is 16.1 Å². The summed E-state index contributed by atoms with van der Waals surface area (Å²) >= 11 is 5.82. The van der Waals surface area contributed by atoms with Gasteiger partial charge in [-0.1, -0.05) is 23.7 Å². The second kappa shape index (κ2) is 10.2. The summed E-state index contributed by atoms with van der Waals surface area (Å²) in [7, 11) is 0. The van der Waals surface area contributed by atoms with Crippen molar-refractivity contribution in [3.8, 4) is 5.75 Å². The second-order valence-electron chi connectivity index (χ2n) is 5.42. The number of rotatable bonds is 7. The van der Waals surface area contributed by atoms with Gasteiger partial charge in [0.05, 0.1) is 5.56 Å². The number of imide groups is 1. The predicted octanol–water partition coefficient (Wildman–Crippen LogP) is 2.92. The molecule has 2 N–H and O–H groups in total. The number of benzene rings is 2. The highest BCUT2D eigenvalue weighted by atomic mass is 35.5. The SMILES string of the molecule is CCNC(=O)NC(=O)COC(=O)c1ccc(COc2ccc(Cl)cc2)cc1. The molecule has 142 valence electrons. The van der Waals surface area contributed by atoms with Gasteiger partial charge in [-0.3, -0.25) is 10.1 Å². The predicted molar refractivity (Wildman–Crippen MR) is 99.7 cm³/mol. The molecule has 2 aromatic carbocycles. The molecule has 0 saturated carbocycles. The molecule has 0 heterocycles. The molecule has 27 heavy (non-hydrogen) atoms. The van der Waals surface area contributed by atoms with E-state index in [-0.39, 0.29) is 5.56 Å². The van der Waals surface area contributed by atoms with E-state index in [1.54, 1.807) is 55.5 Å². The first-order valence-electron chi connectivity index (χ1n) is 8.20. The smallest absolute Gasteiger partial charge is 0.338 e. The van der Waals surface area contributed by atoms with Crippen LogP contribution < -0.4 is 15.4 Å². The van der Waals surface area contributed by atoms with E-state index in [1.807, 2.05) is 5.32 Å². The van der Waals surface area contributed by atoms with E-state index >= 15 is 0 Å². The molecule has 0 spiro atoms. The van der Waals surface area contributed by atoms with E-state index in [4.69, 9.17) is 21.1 Å². The monoisotopic (exact) mass is 390 g/mol. The lowest BCUT2D eigenvalue weighted by Gasteiger charge is -2.08. The van der Waals surface area contributed by atoms with E-state index in [2.05, 4.69) is 5.32 Å². The first-order valence-corrected chi connectivity index (χ1v) is 8.58. The van der Waals surface area contributed by atoms with Crippen molar-refractivity contribution in [2.75, 3.05) is 13.2 Å². The normalized spacial score (nSPS) is 10.0. The lowest BCUT2D eigenvalue weighted by molar-refractivity contribution is -0.123. The molecular formula is C19H19ClN2O5. The Morgan fingerprint density at radius 3 is 2.30 bits per heavy atom. The van der Waals surface area contributed by atoms with Gasteiger partial charge in [0, 0.05) is 11.6 Å². The van der Waals surface area contributed by atoms with Gasteiger partial charge in [-0.15, -0.1) is 0 Å². The van der Waals surface area contributed by atoms with Crippen molar-refractivity contribution in [2.24, 2.45) is 0 Å². The third kappa shape index (κ3) is 6.99. The van der Waals surface area contributed by atoms with Crippen molar-refractivity contribution in [3.05, 3.63) is 64.7 Å². The molecule has 0 aliphatic carbocycles. The highest BCUT2D eigenvalue weighted by Gasteiger charge is 2.12. The van der Waals surface area contributed by atoms with Crippen LogP contribution in [0, 0.1) is 0 Å². The fourth-order valence-electron chi connectivity index (χ4n) is 2.02. The molecule has 0 atom stereocenters. The fraction of sp³-hybridized carbons (Fsp3) is 0.211. The number of nitrogens with one attached hydrogen (secondary N) is 2. The van der Waals surface area contributed by atoms with Gasteiger partial charge in [-0.25, -0.2) is 9.59 Å². The van der Waals surface area contributed by atoms with Crippen LogP contribution in [0.15, 0.2) is 48.5 Å². The molecule has 8 heteroatoms. The third-order valence-corrected chi connectivity index (χ3v) is 3.59. The summed E-state index contributed by atoms with van der Waals surface area (Å²) in [5, 5.41) is 5.07. The number of halogens is 1. The maximum atomic E-state index is 11.9. The summed E-state index contributed by atoms with van der Waals surface area (Å²) in [6, 6.07) is 13.0. The average molecular weight is 391 g/mol. The van der Waals surface area contributed by atoms with Crippen LogP contribution in [0.3, 0.4) is 0 Å². The number of hydrogen-bond donors (Lipinski definition) is 2. The van der Waals surface area contributed by atoms with Crippen LogP contribution in [0.4, 0.5) is 4.79 Å². The van der Waals surface area contributed by atoms with Crippen molar-refractivity contribution in [2.45, 2.75) is 13.5 Å². The number of carbonyl (C=O) groups excluding carboxylic acids is 3. The molecule has 0 saturated heterocycles. The molecule has 3 amide bonds. The lowest BCUT2D eigenvalue weighted by atomic mass is 10.1. The summed E-state index contributed by atoms with van der Waals surface area (Å²) in [6.07, 6.45) is 0. The summed E-state index contributed by atoms with van der Waals surface area (Å²) in [4.78, 5) is 34.6. The minimum atomic E-state index is -0.706. The van der Waals surface area contributed by atoms with Gasteiger partial charge in [0.15, 0.2) is 6.61 Å². The molecule has 2 aromatic rings. The lowest BCUT2D eigenvalue weighted by Crippen LogP contribution is -2.41. The molecule has 0 aliphatic rings. The first kappa shape index (κ1) is 20.3. The molecule has 0 aliphatic heterocycles. The molecular weight excluding hydrogens is 372 g/mol. The Balaban J connectivity index is 1.79. The summed E-state index contributed by atoms with van der Waals surface area (Å²) in [5.41, 5.74) is 1.14. The molecule has 2 rings (SSSR count). The summed E-state index contributed by atoms with van der Waals surface area (Å²) in [5.74, 6) is -0.686. The molecule has 7 nitrogen and oxygen atoms in total. The maximum Gasteiger partial charge on any atom is 0.338 e. The second-order valence-corrected chi connectivity index (χ2v) is 5.86. The van der Waals surface area contributed by atoms with Crippen LogP contribution in [0.1, 0.15) is 22.8 Å². The van der Waals surface area contributed by atoms with Crippen LogP contribution in [0.25, 0.3) is 0 Å². The van der Waals surface area contributed by atoms with Crippen molar-refractivity contribution in [3.63, 3.8) is 0 Å².